The van der Waals surface area contributed by atoms with E-state index in [2.05, 4.69) is 56.1 Å². The summed E-state index contributed by atoms with van der Waals surface area (Å²) in [4.78, 5) is 11.5. The van der Waals surface area contributed by atoms with Crippen LogP contribution in [0.25, 0.3) is 0 Å². The summed E-state index contributed by atoms with van der Waals surface area (Å²) in [6.45, 7) is 15.9. The van der Waals surface area contributed by atoms with E-state index >= 15 is 0 Å². The van der Waals surface area contributed by atoms with Crippen molar-refractivity contribution in [1.29, 1.82) is 0 Å². The van der Waals surface area contributed by atoms with Gasteiger partial charge in [-0.2, -0.15) is 0 Å². The van der Waals surface area contributed by atoms with Crippen LogP contribution in [-0.2, 0) is 0 Å². The molecule has 2 atom stereocenters. The molecule has 26 heavy (non-hydrogen) atoms. The molecule has 0 aromatic heterocycles. The number of hydrogen-bond donors (Lipinski definition) is 0. The van der Waals surface area contributed by atoms with Crippen LogP contribution in [0.15, 0.2) is 83.6 Å². The Morgan fingerprint density at radius 1 is 1.04 bits per heavy atom. The van der Waals surface area contributed by atoms with E-state index in [9.17, 15) is 0 Å². The summed E-state index contributed by atoms with van der Waals surface area (Å²) in [6.07, 6.45) is 21.1. The fraction of sp³-hybridized carbons (Fsp3) is 0.391. The lowest BCUT2D eigenvalue weighted by atomic mass is 9.94. The van der Waals surface area contributed by atoms with Crippen molar-refractivity contribution >= 4 is 11.9 Å². The Morgan fingerprint density at radius 2 is 1.77 bits per heavy atom. The third kappa shape index (κ3) is 8.11. The SMILES string of the molecule is C=C/C=C\C=NC(CC)N(C)/C(=C\C=C/C)C(CC)/C(C=C)=N/C=C\C. The van der Waals surface area contributed by atoms with Crippen LogP contribution >= 0.6 is 0 Å². The fourth-order valence-electron chi connectivity index (χ4n) is 2.62. The lowest BCUT2D eigenvalue weighted by Crippen LogP contribution is -2.34. The van der Waals surface area contributed by atoms with Crippen LogP contribution in [0.5, 0.6) is 0 Å². The molecular formula is C23H35N3. The zero-order valence-corrected chi connectivity index (χ0v) is 17.1. The second-order valence-electron chi connectivity index (χ2n) is 5.74. The molecule has 0 aliphatic rings. The van der Waals surface area contributed by atoms with Gasteiger partial charge in [-0.3, -0.25) is 9.98 Å². The predicted octanol–water partition coefficient (Wildman–Crippen LogP) is 6.11. The molecule has 0 spiro atoms. The van der Waals surface area contributed by atoms with Gasteiger partial charge in [0.1, 0.15) is 6.17 Å². The van der Waals surface area contributed by atoms with Crippen molar-refractivity contribution < 1.29 is 0 Å². The highest BCUT2D eigenvalue weighted by Crippen LogP contribution is 2.24. The smallest absolute Gasteiger partial charge is 0.120 e. The van der Waals surface area contributed by atoms with E-state index in [1.165, 1.54) is 5.70 Å². The second-order valence-corrected chi connectivity index (χ2v) is 5.74. The average Bonchev–Trinajstić information content (AvgIpc) is 2.66. The van der Waals surface area contributed by atoms with Crippen molar-refractivity contribution in [2.75, 3.05) is 7.05 Å². The summed E-state index contributed by atoms with van der Waals surface area (Å²) >= 11 is 0. The normalized spacial score (nSPS) is 16.0. The maximum Gasteiger partial charge on any atom is 0.120 e. The Labute approximate surface area is 160 Å². The highest BCUT2D eigenvalue weighted by atomic mass is 15.2. The minimum atomic E-state index is 0.0582. The first-order valence-corrected chi connectivity index (χ1v) is 9.28. The van der Waals surface area contributed by atoms with Gasteiger partial charge in [-0.25, -0.2) is 0 Å². The first kappa shape index (κ1) is 23.6. The molecular weight excluding hydrogens is 318 g/mol. The van der Waals surface area contributed by atoms with Crippen LogP contribution in [-0.4, -0.2) is 30.0 Å². The maximum atomic E-state index is 4.69. The Balaban J connectivity index is 5.89. The molecule has 0 bridgehead atoms. The van der Waals surface area contributed by atoms with E-state index in [1.807, 2.05) is 56.6 Å². The zero-order valence-electron chi connectivity index (χ0n) is 17.1. The lowest BCUT2D eigenvalue weighted by molar-refractivity contribution is 0.284. The van der Waals surface area contributed by atoms with Gasteiger partial charge in [-0.1, -0.05) is 57.4 Å². The Kier molecular flexibility index (Phi) is 13.5. The minimum absolute atomic E-state index is 0.0582. The van der Waals surface area contributed by atoms with Gasteiger partial charge in [0.25, 0.3) is 0 Å². The third-order valence-electron chi connectivity index (χ3n) is 3.97. The van der Waals surface area contributed by atoms with E-state index in [4.69, 9.17) is 4.99 Å². The Bertz CT molecular complexity index is 589. The summed E-state index contributed by atoms with van der Waals surface area (Å²) in [5.74, 6) is 0.165. The molecule has 0 rings (SSSR count). The number of aliphatic imine (C=N–C) groups is 2. The van der Waals surface area contributed by atoms with Gasteiger partial charge in [-0.05, 0) is 44.9 Å². The van der Waals surface area contributed by atoms with E-state index in [0.29, 0.717) is 0 Å². The summed E-state index contributed by atoms with van der Waals surface area (Å²) in [7, 11) is 2.09. The molecule has 2 unspecified atom stereocenters. The van der Waals surface area contributed by atoms with Crippen LogP contribution in [0.3, 0.4) is 0 Å². The van der Waals surface area contributed by atoms with Gasteiger partial charge in [-0.15, -0.1) is 0 Å². The molecule has 0 saturated carbocycles. The van der Waals surface area contributed by atoms with Gasteiger partial charge in [0.05, 0.1) is 0 Å². The first-order chi connectivity index (χ1) is 12.6. The molecule has 0 aliphatic heterocycles. The lowest BCUT2D eigenvalue weighted by Gasteiger charge is -2.33. The summed E-state index contributed by atoms with van der Waals surface area (Å²) in [5, 5.41) is 0. The molecule has 0 aromatic rings. The minimum Gasteiger partial charge on any atom is -0.356 e. The van der Waals surface area contributed by atoms with Gasteiger partial charge >= 0.3 is 0 Å². The number of nitrogens with zero attached hydrogens (tertiary/aromatic N) is 3. The molecule has 0 amide bonds. The summed E-state index contributed by atoms with van der Waals surface area (Å²) < 4.78 is 0. The molecule has 0 aromatic carbocycles. The van der Waals surface area contributed by atoms with Crippen LogP contribution in [0.2, 0.25) is 0 Å². The standard InChI is InChI=1S/C23H35N3/c1-8-14-16-19-25-23(13-6)26(7)22(17-15-9-2)20(11-4)21(12-5)24-18-10-3/h8-10,12,14-20,23H,1,5,11,13H2,2-4,6-7H3/b15-9-,16-14-,18-10-,22-17-,24-21+,25-19?. The predicted molar refractivity (Wildman–Crippen MR) is 119 cm³/mol. The highest BCUT2D eigenvalue weighted by Gasteiger charge is 2.23. The molecule has 0 radical (unpaired) electrons. The van der Waals surface area contributed by atoms with Crippen LogP contribution in [0.1, 0.15) is 40.5 Å². The van der Waals surface area contributed by atoms with E-state index < -0.39 is 0 Å². The second kappa shape index (κ2) is 14.9. The first-order valence-electron chi connectivity index (χ1n) is 9.28. The molecule has 3 nitrogen and oxygen atoms in total. The van der Waals surface area contributed by atoms with E-state index in [1.54, 1.807) is 6.08 Å². The van der Waals surface area contributed by atoms with Gasteiger partial charge in [0, 0.05) is 36.8 Å². The van der Waals surface area contributed by atoms with Crippen molar-refractivity contribution in [3.63, 3.8) is 0 Å². The van der Waals surface area contributed by atoms with E-state index in [-0.39, 0.29) is 12.1 Å². The third-order valence-corrected chi connectivity index (χ3v) is 3.97. The van der Waals surface area contributed by atoms with Gasteiger partial charge in [0.2, 0.25) is 0 Å². The molecule has 0 saturated heterocycles. The fourth-order valence-corrected chi connectivity index (χ4v) is 2.62. The summed E-state index contributed by atoms with van der Waals surface area (Å²) in [6, 6.07) is 0. The molecule has 3 heteroatoms. The maximum absolute atomic E-state index is 4.69. The highest BCUT2D eigenvalue weighted by molar-refractivity contribution is 5.98. The largest absolute Gasteiger partial charge is 0.356 e. The topological polar surface area (TPSA) is 28.0 Å². The Morgan fingerprint density at radius 3 is 2.27 bits per heavy atom. The van der Waals surface area contributed by atoms with Crippen LogP contribution in [0.4, 0.5) is 0 Å². The number of hydrogen-bond acceptors (Lipinski definition) is 3. The van der Waals surface area contributed by atoms with Crippen LogP contribution < -0.4 is 0 Å². The molecule has 0 aliphatic carbocycles. The van der Waals surface area contributed by atoms with Crippen molar-refractivity contribution in [2.24, 2.45) is 15.9 Å². The molecule has 0 heterocycles. The monoisotopic (exact) mass is 353 g/mol. The number of allylic oxidation sites excluding steroid dienone is 9. The molecule has 0 fully saturated rings. The zero-order chi connectivity index (χ0) is 19.8. The Hall–Kier alpha value is -2.42. The summed E-state index contributed by atoms with van der Waals surface area (Å²) in [5.41, 5.74) is 2.16. The van der Waals surface area contributed by atoms with Crippen molar-refractivity contribution in [2.45, 2.75) is 46.7 Å². The van der Waals surface area contributed by atoms with Gasteiger partial charge in [0.15, 0.2) is 0 Å². The van der Waals surface area contributed by atoms with Crippen molar-refractivity contribution in [3.8, 4) is 0 Å². The quantitative estimate of drug-likeness (QED) is 0.307. The van der Waals surface area contributed by atoms with Crippen molar-refractivity contribution in [1.82, 2.24) is 4.90 Å². The number of rotatable bonds is 12. The average molecular weight is 354 g/mol. The van der Waals surface area contributed by atoms with E-state index in [0.717, 1.165) is 18.6 Å². The van der Waals surface area contributed by atoms with Crippen LogP contribution in [0, 0.1) is 5.92 Å². The molecule has 142 valence electrons. The molecule has 0 N–H and O–H groups in total. The van der Waals surface area contributed by atoms with Gasteiger partial charge < -0.3 is 4.90 Å². The van der Waals surface area contributed by atoms with Crippen molar-refractivity contribution in [3.05, 3.63) is 73.7 Å².